The van der Waals surface area contributed by atoms with Crippen LogP contribution in [0.5, 0.6) is 0 Å². The molecule has 0 fully saturated rings. The molecule has 6 heteroatoms. The number of hydrogen-bond donors (Lipinski definition) is 1. The molecule has 2 heterocycles. The highest BCUT2D eigenvalue weighted by Crippen LogP contribution is 2.08. The van der Waals surface area contributed by atoms with Gasteiger partial charge in [-0.05, 0) is 17.7 Å². The molecule has 0 aliphatic carbocycles. The van der Waals surface area contributed by atoms with Crippen LogP contribution in [-0.2, 0) is 13.2 Å². The summed E-state index contributed by atoms with van der Waals surface area (Å²) in [5.74, 6) is 0. The average molecular weight is 225 g/mol. The van der Waals surface area contributed by atoms with Gasteiger partial charge in [-0.3, -0.25) is 0 Å². The van der Waals surface area contributed by atoms with Crippen molar-refractivity contribution < 1.29 is 5.11 Å². The lowest BCUT2D eigenvalue weighted by molar-refractivity contribution is 0.276. The number of nitrogens with zero attached hydrogens (tertiary/aromatic N) is 4. The standard InChI is InChI=1S/C9H9ClN4O/c10-9-3-7(1-2-11-9)4-14-5-8(6-15)12-13-14/h1-3,5,15H,4,6H2. The van der Waals surface area contributed by atoms with Gasteiger partial charge in [-0.2, -0.15) is 0 Å². The Morgan fingerprint density at radius 2 is 2.33 bits per heavy atom. The third-order valence-electron chi connectivity index (χ3n) is 1.88. The van der Waals surface area contributed by atoms with Crippen molar-refractivity contribution in [3.05, 3.63) is 40.9 Å². The fraction of sp³-hybridized carbons (Fsp3) is 0.222. The maximum absolute atomic E-state index is 8.81. The fourth-order valence-corrected chi connectivity index (χ4v) is 1.41. The summed E-state index contributed by atoms with van der Waals surface area (Å²) in [6.45, 7) is 0.465. The Labute approximate surface area is 91.3 Å². The van der Waals surface area contributed by atoms with E-state index in [1.165, 1.54) is 0 Å². The number of aliphatic hydroxyl groups is 1. The van der Waals surface area contributed by atoms with Gasteiger partial charge in [0.1, 0.15) is 10.8 Å². The predicted octanol–water partition coefficient (Wildman–Crippen LogP) is 0.867. The summed E-state index contributed by atoms with van der Waals surface area (Å²) in [6, 6.07) is 3.62. The van der Waals surface area contributed by atoms with Crippen LogP contribution in [0.2, 0.25) is 5.15 Å². The van der Waals surface area contributed by atoms with E-state index in [1.807, 2.05) is 6.07 Å². The van der Waals surface area contributed by atoms with Crippen LogP contribution < -0.4 is 0 Å². The van der Waals surface area contributed by atoms with Crippen LogP contribution in [-0.4, -0.2) is 25.1 Å². The van der Waals surface area contributed by atoms with Gasteiger partial charge in [0, 0.05) is 6.20 Å². The van der Waals surface area contributed by atoms with Crippen LogP contribution in [0.4, 0.5) is 0 Å². The molecule has 2 aromatic rings. The second-order valence-corrected chi connectivity index (χ2v) is 3.44. The molecule has 0 radical (unpaired) electrons. The molecule has 0 bridgehead atoms. The molecule has 1 N–H and O–H groups in total. The highest BCUT2D eigenvalue weighted by Gasteiger charge is 2.00. The smallest absolute Gasteiger partial charge is 0.129 e. The summed E-state index contributed by atoms with van der Waals surface area (Å²) in [5, 5.41) is 16.9. The molecule has 0 aliphatic heterocycles. The Bertz CT molecular complexity index is 457. The fourth-order valence-electron chi connectivity index (χ4n) is 1.22. The summed E-state index contributed by atoms with van der Waals surface area (Å²) in [5.41, 5.74) is 1.54. The van der Waals surface area contributed by atoms with E-state index >= 15 is 0 Å². The number of aliphatic hydroxyl groups excluding tert-OH is 1. The van der Waals surface area contributed by atoms with Gasteiger partial charge >= 0.3 is 0 Å². The van der Waals surface area contributed by atoms with Crippen molar-refractivity contribution in [1.82, 2.24) is 20.0 Å². The van der Waals surface area contributed by atoms with Crippen LogP contribution in [0.3, 0.4) is 0 Å². The Hall–Kier alpha value is -1.46. The van der Waals surface area contributed by atoms with E-state index in [0.717, 1.165) is 5.56 Å². The second kappa shape index (κ2) is 4.37. The molecule has 0 saturated heterocycles. The first kappa shape index (κ1) is 10.1. The van der Waals surface area contributed by atoms with Gasteiger partial charge < -0.3 is 5.11 Å². The SMILES string of the molecule is OCc1cn(Cc2ccnc(Cl)c2)nn1. The molecule has 15 heavy (non-hydrogen) atoms. The molecule has 2 rings (SSSR count). The van der Waals surface area contributed by atoms with Crippen molar-refractivity contribution >= 4 is 11.6 Å². The zero-order valence-electron chi connectivity index (χ0n) is 7.84. The highest BCUT2D eigenvalue weighted by molar-refractivity contribution is 6.29. The van der Waals surface area contributed by atoms with Crippen LogP contribution in [0, 0.1) is 0 Å². The molecule has 0 aromatic carbocycles. The first-order valence-electron chi connectivity index (χ1n) is 4.38. The molecule has 0 aliphatic rings. The molecular weight excluding hydrogens is 216 g/mol. The van der Waals surface area contributed by atoms with Crippen LogP contribution in [0.1, 0.15) is 11.3 Å². The summed E-state index contributed by atoms with van der Waals surface area (Å²) in [6.07, 6.45) is 3.33. The minimum absolute atomic E-state index is 0.100. The Morgan fingerprint density at radius 1 is 1.47 bits per heavy atom. The largest absolute Gasteiger partial charge is 0.390 e. The molecule has 0 unspecified atom stereocenters. The second-order valence-electron chi connectivity index (χ2n) is 3.05. The molecule has 0 amide bonds. The molecule has 0 spiro atoms. The summed E-state index contributed by atoms with van der Waals surface area (Å²) < 4.78 is 1.64. The summed E-state index contributed by atoms with van der Waals surface area (Å²) in [4.78, 5) is 3.88. The van der Waals surface area contributed by atoms with E-state index in [2.05, 4.69) is 15.3 Å². The number of halogens is 1. The molecular formula is C9H9ClN4O. The summed E-state index contributed by atoms with van der Waals surface area (Å²) in [7, 11) is 0. The quantitative estimate of drug-likeness (QED) is 0.786. The Balaban J connectivity index is 2.14. The van der Waals surface area contributed by atoms with Crippen molar-refractivity contribution in [2.24, 2.45) is 0 Å². The van der Waals surface area contributed by atoms with Gasteiger partial charge in [-0.1, -0.05) is 16.8 Å². The van der Waals surface area contributed by atoms with Gasteiger partial charge in [0.2, 0.25) is 0 Å². The van der Waals surface area contributed by atoms with Crippen molar-refractivity contribution in [3.8, 4) is 0 Å². The van der Waals surface area contributed by atoms with Crippen LogP contribution in [0.25, 0.3) is 0 Å². The average Bonchev–Trinajstić information content (AvgIpc) is 2.65. The number of aromatic nitrogens is 4. The van der Waals surface area contributed by atoms with E-state index in [-0.39, 0.29) is 6.61 Å². The minimum atomic E-state index is -0.100. The summed E-state index contributed by atoms with van der Waals surface area (Å²) >= 11 is 5.75. The molecule has 5 nitrogen and oxygen atoms in total. The van der Waals surface area contributed by atoms with E-state index in [1.54, 1.807) is 23.1 Å². The maximum atomic E-state index is 8.81. The first-order chi connectivity index (χ1) is 7.28. The number of rotatable bonds is 3. The van der Waals surface area contributed by atoms with Crippen LogP contribution >= 0.6 is 11.6 Å². The lowest BCUT2D eigenvalue weighted by Gasteiger charge is -2.00. The Morgan fingerprint density at radius 3 is 3.00 bits per heavy atom. The number of hydrogen-bond acceptors (Lipinski definition) is 4. The molecule has 0 atom stereocenters. The van der Waals surface area contributed by atoms with Crippen LogP contribution in [0.15, 0.2) is 24.5 Å². The van der Waals surface area contributed by atoms with Gasteiger partial charge in [0.15, 0.2) is 0 Å². The van der Waals surface area contributed by atoms with E-state index in [9.17, 15) is 0 Å². The van der Waals surface area contributed by atoms with Gasteiger partial charge in [-0.15, -0.1) is 5.10 Å². The van der Waals surface area contributed by atoms with Crippen molar-refractivity contribution in [3.63, 3.8) is 0 Å². The normalized spacial score (nSPS) is 10.5. The third-order valence-corrected chi connectivity index (χ3v) is 2.09. The zero-order valence-corrected chi connectivity index (χ0v) is 8.59. The first-order valence-corrected chi connectivity index (χ1v) is 4.76. The zero-order chi connectivity index (χ0) is 10.7. The third kappa shape index (κ3) is 2.51. The molecule has 2 aromatic heterocycles. The lowest BCUT2D eigenvalue weighted by atomic mass is 10.3. The minimum Gasteiger partial charge on any atom is -0.390 e. The lowest BCUT2D eigenvalue weighted by Crippen LogP contribution is -2.00. The topological polar surface area (TPSA) is 63.8 Å². The maximum Gasteiger partial charge on any atom is 0.129 e. The van der Waals surface area contributed by atoms with Crippen molar-refractivity contribution in [1.29, 1.82) is 0 Å². The Kier molecular flexibility index (Phi) is 2.94. The number of pyridine rings is 1. The van der Waals surface area contributed by atoms with E-state index < -0.39 is 0 Å². The van der Waals surface area contributed by atoms with Gasteiger partial charge in [0.05, 0.1) is 19.3 Å². The molecule has 0 saturated carbocycles. The monoisotopic (exact) mass is 224 g/mol. The van der Waals surface area contributed by atoms with E-state index in [0.29, 0.717) is 17.4 Å². The van der Waals surface area contributed by atoms with Gasteiger partial charge in [-0.25, -0.2) is 9.67 Å². The predicted molar refractivity (Wildman–Crippen MR) is 54.3 cm³/mol. The van der Waals surface area contributed by atoms with Gasteiger partial charge in [0.25, 0.3) is 0 Å². The molecule has 78 valence electrons. The van der Waals surface area contributed by atoms with E-state index in [4.69, 9.17) is 16.7 Å². The van der Waals surface area contributed by atoms with Crippen molar-refractivity contribution in [2.45, 2.75) is 13.2 Å². The van der Waals surface area contributed by atoms with Crippen molar-refractivity contribution in [2.75, 3.05) is 0 Å². The highest BCUT2D eigenvalue weighted by atomic mass is 35.5.